The molecule has 1 heterocycles. The standard InChI is InChI=1S/C28H35F3O/c1-3-4-19-6-8-20(9-7-19)23-14-16-25(32-17-23)22-12-10-21(11-13-22)24-15-5-18(2)26(27(24)29)28(30)31/h5,10-13,15,19-20,23,25,28H,3-4,6-9,14,16-17H2,1-2H3. The molecule has 1 saturated carbocycles. The molecule has 1 aliphatic heterocycles. The first-order chi connectivity index (χ1) is 15.5. The smallest absolute Gasteiger partial charge is 0.266 e. The predicted molar refractivity (Wildman–Crippen MR) is 123 cm³/mol. The second kappa shape index (κ2) is 10.4. The summed E-state index contributed by atoms with van der Waals surface area (Å²) in [4.78, 5) is 0. The van der Waals surface area contributed by atoms with Crippen molar-refractivity contribution in [3.8, 4) is 11.1 Å². The molecule has 2 aliphatic rings. The molecule has 2 aromatic carbocycles. The lowest BCUT2D eigenvalue weighted by Gasteiger charge is -2.38. The molecule has 2 atom stereocenters. The van der Waals surface area contributed by atoms with Crippen LogP contribution in [0.4, 0.5) is 13.2 Å². The fourth-order valence-corrected chi connectivity index (χ4v) is 5.82. The third-order valence-corrected chi connectivity index (χ3v) is 7.78. The van der Waals surface area contributed by atoms with Gasteiger partial charge in [-0.3, -0.25) is 0 Å². The zero-order chi connectivity index (χ0) is 22.7. The Bertz CT molecular complexity index is 876. The zero-order valence-corrected chi connectivity index (χ0v) is 19.3. The molecule has 1 nitrogen and oxygen atoms in total. The van der Waals surface area contributed by atoms with Crippen LogP contribution in [0.2, 0.25) is 0 Å². The van der Waals surface area contributed by atoms with Gasteiger partial charge in [0.1, 0.15) is 5.82 Å². The molecule has 0 bridgehead atoms. The Morgan fingerprint density at radius 1 is 0.906 bits per heavy atom. The molecule has 174 valence electrons. The van der Waals surface area contributed by atoms with Crippen LogP contribution in [0.1, 0.15) is 87.5 Å². The van der Waals surface area contributed by atoms with Gasteiger partial charge in [0.2, 0.25) is 0 Å². The van der Waals surface area contributed by atoms with Gasteiger partial charge in [0, 0.05) is 5.56 Å². The summed E-state index contributed by atoms with van der Waals surface area (Å²) in [6, 6.07) is 10.7. The van der Waals surface area contributed by atoms with Crippen LogP contribution in [0.15, 0.2) is 36.4 Å². The first-order valence-electron chi connectivity index (χ1n) is 12.3. The Balaban J connectivity index is 1.37. The van der Waals surface area contributed by atoms with Gasteiger partial charge in [-0.05, 0) is 67.1 Å². The second-order valence-electron chi connectivity index (χ2n) is 9.81. The van der Waals surface area contributed by atoms with Gasteiger partial charge in [0.15, 0.2) is 0 Å². The summed E-state index contributed by atoms with van der Waals surface area (Å²) in [7, 11) is 0. The normalized spacial score (nSPS) is 26.4. The molecule has 0 radical (unpaired) electrons. The lowest BCUT2D eigenvalue weighted by molar-refractivity contribution is -0.0404. The van der Waals surface area contributed by atoms with Crippen LogP contribution in [-0.4, -0.2) is 6.61 Å². The lowest BCUT2D eigenvalue weighted by atomic mass is 9.73. The molecule has 0 spiro atoms. The number of ether oxygens (including phenoxy) is 1. The highest BCUT2D eigenvalue weighted by Gasteiger charge is 2.31. The van der Waals surface area contributed by atoms with E-state index < -0.39 is 17.8 Å². The van der Waals surface area contributed by atoms with E-state index in [1.165, 1.54) is 51.9 Å². The maximum atomic E-state index is 14.7. The van der Waals surface area contributed by atoms with Gasteiger partial charge >= 0.3 is 0 Å². The van der Waals surface area contributed by atoms with Gasteiger partial charge in [-0.1, -0.05) is 69.0 Å². The maximum absolute atomic E-state index is 14.7. The Hall–Kier alpha value is -1.81. The third kappa shape index (κ3) is 5.06. The van der Waals surface area contributed by atoms with Crippen LogP contribution in [0.3, 0.4) is 0 Å². The highest BCUT2D eigenvalue weighted by atomic mass is 19.3. The van der Waals surface area contributed by atoms with Gasteiger partial charge in [-0.15, -0.1) is 0 Å². The molecule has 4 rings (SSSR count). The van der Waals surface area contributed by atoms with Crippen molar-refractivity contribution >= 4 is 0 Å². The molecule has 2 unspecified atom stereocenters. The van der Waals surface area contributed by atoms with E-state index in [2.05, 4.69) is 6.92 Å². The van der Waals surface area contributed by atoms with Gasteiger partial charge in [-0.2, -0.15) is 0 Å². The summed E-state index contributed by atoms with van der Waals surface area (Å²) >= 11 is 0. The Kier molecular flexibility index (Phi) is 7.60. The summed E-state index contributed by atoms with van der Waals surface area (Å²) < 4.78 is 47.5. The molecule has 32 heavy (non-hydrogen) atoms. The molecule has 0 amide bonds. The highest BCUT2D eigenvalue weighted by molar-refractivity contribution is 5.66. The summed E-state index contributed by atoms with van der Waals surface area (Å²) in [6.45, 7) is 4.62. The van der Waals surface area contributed by atoms with Crippen molar-refractivity contribution in [1.82, 2.24) is 0 Å². The highest BCUT2D eigenvalue weighted by Crippen LogP contribution is 2.41. The van der Waals surface area contributed by atoms with E-state index in [4.69, 9.17) is 4.74 Å². The SMILES string of the molecule is CCCC1CCC(C2CCC(c3ccc(-c4ccc(C)c(C(F)F)c4F)cc3)OC2)CC1. The van der Waals surface area contributed by atoms with Crippen LogP contribution in [-0.2, 0) is 4.74 Å². The Morgan fingerprint density at radius 2 is 1.59 bits per heavy atom. The summed E-state index contributed by atoms with van der Waals surface area (Å²) in [5.74, 6) is 1.59. The average molecular weight is 445 g/mol. The number of rotatable bonds is 6. The maximum Gasteiger partial charge on any atom is 0.266 e. The van der Waals surface area contributed by atoms with Crippen LogP contribution < -0.4 is 0 Å². The van der Waals surface area contributed by atoms with Gasteiger partial charge < -0.3 is 4.74 Å². The third-order valence-electron chi connectivity index (χ3n) is 7.78. The predicted octanol–water partition coefficient (Wildman–Crippen LogP) is 8.81. The van der Waals surface area contributed by atoms with E-state index in [-0.39, 0.29) is 17.2 Å². The summed E-state index contributed by atoms with van der Waals surface area (Å²) in [5.41, 5.74) is 1.70. The Morgan fingerprint density at radius 3 is 2.19 bits per heavy atom. The molecule has 2 fully saturated rings. The van der Waals surface area contributed by atoms with E-state index in [1.807, 2.05) is 24.3 Å². The van der Waals surface area contributed by atoms with Crippen LogP contribution in [0, 0.1) is 30.5 Å². The van der Waals surface area contributed by atoms with Crippen molar-refractivity contribution in [1.29, 1.82) is 0 Å². The second-order valence-corrected chi connectivity index (χ2v) is 9.81. The van der Waals surface area contributed by atoms with Gasteiger partial charge in [0.05, 0.1) is 18.3 Å². The number of hydrogen-bond donors (Lipinski definition) is 0. The van der Waals surface area contributed by atoms with E-state index >= 15 is 0 Å². The molecular formula is C28H35F3O. The number of aryl methyl sites for hydroxylation is 1. The topological polar surface area (TPSA) is 9.23 Å². The first-order valence-corrected chi connectivity index (χ1v) is 12.3. The van der Waals surface area contributed by atoms with Gasteiger partial charge in [0.25, 0.3) is 6.43 Å². The average Bonchev–Trinajstić information content (AvgIpc) is 2.80. The fourth-order valence-electron chi connectivity index (χ4n) is 5.82. The van der Waals surface area contributed by atoms with Crippen molar-refractivity contribution in [3.05, 3.63) is 58.9 Å². The number of halogens is 3. The molecule has 1 aliphatic carbocycles. The van der Waals surface area contributed by atoms with E-state index in [9.17, 15) is 13.2 Å². The largest absolute Gasteiger partial charge is 0.373 e. The van der Waals surface area contributed by atoms with E-state index in [0.29, 0.717) is 11.5 Å². The quantitative estimate of drug-likeness (QED) is 0.432. The minimum atomic E-state index is -2.82. The van der Waals surface area contributed by atoms with Crippen molar-refractivity contribution in [2.45, 2.75) is 77.7 Å². The first kappa shape index (κ1) is 23.4. The van der Waals surface area contributed by atoms with Crippen LogP contribution in [0.5, 0.6) is 0 Å². The molecular weight excluding hydrogens is 409 g/mol. The van der Waals surface area contributed by atoms with Crippen LogP contribution >= 0.6 is 0 Å². The number of hydrogen-bond acceptors (Lipinski definition) is 1. The van der Waals surface area contributed by atoms with Crippen molar-refractivity contribution in [2.24, 2.45) is 17.8 Å². The molecule has 0 N–H and O–H groups in total. The van der Waals surface area contributed by atoms with Crippen molar-refractivity contribution in [2.75, 3.05) is 6.61 Å². The minimum absolute atomic E-state index is 0.0659. The van der Waals surface area contributed by atoms with Crippen molar-refractivity contribution in [3.63, 3.8) is 0 Å². The zero-order valence-electron chi connectivity index (χ0n) is 19.3. The van der Waals surface area contributed by atoms with Gasteiger partial charge in [-0.25, -0.2) is 13.2 Å². The van der Waals surface area contributed by atoms with E-state index in [0.717, 1.165) is 30.4 Å². The van der Waals surface area contributed by atoms with Crippen molar-refractivity contribution < 1.29 is 17.9 Å². The number of alkyl halides is 2. The fraction of sp³-hybridized carbons (Fsp3) is 0.571. The van der Waals surface area contributed by atoms with E-state index in [1.54, 1.807) is 12.1 Å². The molecule has 1 saturated heterocycles. The Labute approximate surface area is 190 Å². The summed E-state index contributed by atoms with van der Waals surface area (Å²) in [5, 5.41) is 0. The van der Waals surface area contributed by atoms with Crippen LogP contribution in [0.25, 0.3) is 11.1 Å². The lowest BCUT2D eigenvalue weighted by Crippen LogP contribution is -2.29. The molecule has 0 aromatic heterocycles. The summed E-state index contributed by atoms with van der Waals surface area (Å²) in [6.07, 6.45) is 7.57. The monoisotopic (exact) mass is 444 g/mol. The minimum Gasteiger partial charge on any atom is -0.373 e. The number of benzene rings is 2. The molecule has 2 aromatic rings. The molecule has 4 heteroatoms.